The standard InChI is InChI=1S/C27H29FNO6P/c1-20(21-8-10-22(11-9-21)23-12-14-25(28)15-13-23)29-18-17-27(35-26(29)30,24-6-3-2-4-7-24)16-5-19-34-36(31,32)33/h2-4,6-15,20H,5,16-19H2,1H3,(H2,31,32,33). The Hall–Kier alpha value is -3.03. The number of nitrogens with zero attached hydrogens (tertiary/aromatic N) is 1. The van der Waals surface area contributed by atoms with Gasteiger partial charge in [-0.1, -0.05) is 66.7 Å². The highest BCUT2D eigenvalue weighted by Gasteiger charge is 2.43. The van der Waals surface area contributed by atoms with Gasteiger partial charge in [0.1, 0.15) is 11.4 Å². The van der Waals surface area contributed by atoms with Crippen molar-refractivity contribution in [2.45, 2.75) is 37.8 Å². The first-order valence-electron chi connectivity index (χ1n) is 11.8. The van der Waals surface area contributed by atoms with E-state index in [9.17, 15) is 13.8 Å². The van der Waals surface area contributed by atoms with E-state index in [0.29, 0.717) is 25.8 Å². The quantitative estimate of drug-likeness (QED) is 0.262. The number of phosphoric ester groups is 1. The van der Waals surface area contributed by atoms with E-state index in [-0.39, 0.29) is 18.5 Å². The van der Waals surface area contributed by atoms with Crippen molar-refractivity contribution in [3.8, 4) is 11.1 Å². The first-order valence-corrected chi connectivity index (χ1v) is 13.3. The lowest BCUT2D eigenvalue weighted by Crippen LogP contribution is -2.48. The fourth-order valence-corrected chi connectivity index (χ4v) is 4.97. The normalized spacial score (nSPS) is 19.1. The van der Waals surface area contributed by atoms with Crippen molar-refractivity contribution in [1.29, 1.82) is 0 Å². The van der Waals surface area contributed by atoms with Crippen molar-refractivity contribution < 1.29 is 32.8 Å². The highest BCUT2D eigenvalue weighted by molar-refractivity contribution is 7.46. The summed E-state index contributed by atoms with van der Waals surface area (Å²) in [5.74, 6) is -0.284. The van der Waals surface area contributed by atoms with Crippen LogP contribution in [0.1, 0.15) is 43.4 Å². The molecule has 1 heterocycles. The van der Waals surface area contributed by atoms with Gasteiger partial charge in [-0.15, -0.1) is 0 Å². The molecule has 1 aliphatic rings. The Morgan fingerprint density at radius 3 is 2.22 bits per heavy atom. The smallest absolute Gasteiger partial charge is 0.438 e. The molecule has 3 aromatic rings. The lowest BCUT2D eigenvalue weighted by molar-refractivity contribution is -0.0679. The molecule has 4 rings (SSSR count). The predicted octanol–water partition coefficient (Wildman–Crippen LogP) is 6.18. The van der Waals surface area contributed by atoms with Crippen molar-refractivity contribution in [3.05, 3.63) is 95.8 Å². The van der Waals surface area contributed by atoms with Gasteiger partial charge in [0.25, 0.3) is 0 Å². The average molecular weight is 514 g/mol. The van der Waals surface area contributed by atoms with Crippen LogP contribution < -0.4 is 0 Å². The van der Waals surface area contributed by atoms with Crippen LogP contribution in [0.25, 0.3) is 11.1 Å². The van der Waals surface area contributed by atoms with E-state index in [0.717, 1.165) is 22.3 Å². The molecular weight excluding hydrogens is 484 g/mol. The van der Waals surface area contributed by atoms with Crippen LogP contribution in [0, 0.1) is 5.82 Å². The summed E-state index contributed by atoms with van der Waals surface area (Å²) in [5.41, 5.74) is 2.74. The second kappa shape index (κ2) is 10.9. The zero-order valence-electron chi connectivity index (χ0n) is 19.9. The van der Waals surface area contributed by atoms with Gasteiger partial charge in [0.15, 0.2) is 0 Å². The van der Waals surface area contributed by atoms with Crippen LogP contribution in [0.4, 0.5) is 9.18 Å². The summed E-state index contributed by atoms with van der Waals surface area (Å²) < 4.78 is 34.9. The number of phosphoric acid groups is 1. The molecule has 3 aromatic carbocycles. The molecule has 1 aliphatic heterocycles. The van der Waals surface area contributed by atoms with E-state index in [1.54, 1.807) is 17.0 Å². The van der Waals surface area contributed by atoms with E-state index in [2.05, 4.69) is 4.52 Å². The molecule has 0 bridgehead atoms. The third kappa shape index (κ3) is 6.20. The molecule has 0 spiro atoms. The Labute approximate surface area is 209 Å². The molecule has 2 N–H and O–H groups in total. The summed E-state index contributed by atoms with van der Waals surface area (Å²) in [6.45, 7) is 2.25. The van der Waals surface area contributed by atoms with E-state index in [1.807, 2.05) is 61.5 Å². The molecule has 7 nitrogen and oxygen atoms in total. The Bertz CT molecular complexity index is 1220. The van der Waals surface area contributed by atoms with Crippen LogP contribution in [0.2, 0.25) is 0 Å². The first-order chi connectivity index (χ1) is 17.2. The number of hydrogen-bond acceptors (Lipinski definition) is 4. The number of ether oxygens (including phenoxy) is 1. The minimum atomic E-state index is -4.56. The summed E-state index contributed by atoms with van der Waals surface area (Å²) in [4.78, 5) is 32.8. The van der Waals surface area contributed by atoms with Gasteiger partial charge in [-0.25, -0.2) is 13.8 Å². The number of carbonyl (C=O) groups excluding carboxylic acids is 1. The number of halogens is 1. The minimum absolute atomic E-state index is 0.142. The Balaban J connectivity index is 1.47. The third-order valence-electron chi connectivity index (χ3n) is 6.60. The van der Waals surface area contributed by atoms with Crippen molar-refractivity contribution in [3.63, 3.8) is 0 Å². The highest BCUT2D eigenvalue weighted by Crippen LogP contribution is 2.42. The highest BCUT2D eigenvalue weighted by atomic mass is 31.2. The van der Waals surface area contributed by atoms with E-state index in [1.165, 1.54) is 12.1 Å². The van der Waals surface area contributed by atoms with Crippen LogP contribution in [0.3, 0.4) is 0 Å². The Kier molecular flexibility index (Phi) is 7.91. The molecule has 9 heteroatoms. The number of rotatable bonds is 9. The molecule has 1 amide bonds. The van der Waals surface area contributed by atoms with Gasteiger partial charge in [-0.3, -0.25) is 4.52 Å². The fourth-order valence-electron chi connectivity index (χ4n) is 4.60. The van der Waals surface area contributed by atoms with Crippen molar-refractivity contribution in [1.82, 2.24) is 4.90 Å². The van der Waals surface area contributed by atoms with Gasteiger partial charge in [-0.05, 0) is 54.2 Å². The van der Waals surface area contributed by atoms with Crippen LogP contribution in [0.5, 0.6) is 0 Å². The topological polar surface area (TPSA) is 96.3 Å². The van der Waals surface area contributed by atoms with E-state index >= 15 is 0 Å². The van der Waals surface area contributed by atoms with Gasteiger partial charge < -0.3 is 19.4 Å². The number of benzene rings is 3. The Morgan fingerprint density at radius 2 is 1.64 bits per heavy atom. The Morgan fingerprint density at radius 1 is 1.03 bits per heavy atom. The number of amides is 1. The van der Waals surface area contributed by atoms with Crippen molar-refractivity contribution in [2.24, 2.45) is 0 Å². The second-order valence-electron chi connectivity index (χ2n) is 8.90. The maximum absolute atomic E-state index is 13.2. The molecule has 36 heavy (non-hydrogen) atoms. The number of cyclic esters (lactones) is 1. The van der Waals surface area contributed by atoms with E-state index < -0.39 is 19.5 Å². The molecule has 0 saturated carbocycles. The van der Waals surface area contributed by atoms with E-state index in [4.69, 9.17) is 14.5 Å². The predicted molar refractivity (Wildman–Crippen MR) is 133 cm³/mol. The summed E-state index contributed by atoms with van der Waals surface area (Å²) >= 11 is 0. The van der Waals surface area contributed by atoms with Gasteiger partial charge in [-0.2, -0.15) is 0 Å². The largest absolute Gasteiger partial charge is 0.469 e. The maximum Gasteiger partial charge on any atom is 0.469 e. The second-order valence-corrected chi connectivity index (χ2v) is 10.1. The average Bonchev–Trinajstić information content (AvgIpc) is 2.87. The molecule has 0 aliphatic carbocycles. The lowest BCUT2D eigenvalue weighted by atomic mass is 9.84. The summed E-state index contributed by atoms with van der Waals surface area (Å²) in [6.07, 6.45) is 0.762. The molecule has 190 valence electrons. The molecule has 2 atom stereocenters. The monoisotopic (exact) mass is 513 g/mol. The molecule has 2 unspecified atom stereocenters. The first kappa shape index (κ1) is 26.0. The zero-order valence-corrected chi connectivity index (χ0v) is 20.8. The fraction of sp³-hybridized carbons (Fsp3) is 0.296. The maximum atomic E-state index is 13.2. The summed E-state index contributed by atoms with van der Waals surface area (Å²) in [7, 11) is -4.56. The summed E-state index contributed by atoms with van der Waals surface area (Å²) in [6, 6.07) is 23.3. The van der Waals surface area contributed by atoms with Crippen LogP contribution >= 0.6 is 7.82 Å². The van der Waals surface area contributed by atoms with Crippen molar-refractivity contribution >= 4 is 13.9 Å². The molecule has 0 radical (unpaired) electrons. The lowest BCUT2D eigenvalue weighted by Gasteiger charge is -2.43. The molecule has 1 saturated heterocycles. The zero-order chi connectivity index (χ0) is 25.8. The van der Waals surface area contributed by atoms with Gasteiger partial charge in [0.05, 0.1) is 12.6 Å². The molecular formula is C27H29FNO6P. The van der Waals surface area contributed by atoms with Crippen LogP contribution in [-0.2, 0) is 19.4 Å². The van der Waals surface area contributed by atoms with Gasteiger partial charge >= 0.3 is 13.9 Å². The number of hydrogen-bond donors (Lipinski definition) is 2. The third-order valence-corrected chi connectivity index (χ3v) is 7.12. The number of carbonyl (C=O) groups is 1. The van der Waals surface area contributed by atoms with Crippen LogP contribution in [0.15, 0.2) is 78.9 Å². The molecule has 0 aromatic heterocycles. The van der Waals surface area contributed by atoms with Gasteiger partial charge in [0, 0.05) is 13.0 Å². The van der Waals surface area contributed by atoms with Crippen molar-refractivity contribution in [2.75, 3.05) is 13.2 Å². The van der Waals surface area contributed by atoms with Crippen LogP contribution in [-0.4, -0.2) is 33.9 Å². The SMILES string of the molecule is CC(c1ccc(-c2ccc(F)cc2)cc1)N1CCC(CCCOP(=O)(O)O)(c2ccccc2)OC1=O. The molecule has 1 fully saturated rings. The minimum Gasteiger partial charge on any atom is -0.438 e. The van der Waals surface area contributed by atoms with Gasteiger partial charge in [0.2, 0.25) is 0 Å². The summed E-state index contributed by atoms with van der Waals surface area (Å²) in [5, 5.41) is 0.